The highest BCUT2D eigenvalue weighted by atomic mass is 32.2. The summed E-state index contributed by atoms with van der Waals surface area (Å²) < 4.78 is 41.9. The largest absolute Gasteiger partial charge is 0.462 e. The fourth-order valence-electron chi connectivity index (χ4n) is 4.17. The number of sulfonamides is 1. The zero-order chi connectivity index (χ0) is 24.3. The van der Waals surface area contributed by atoms with Crippen LogP contribution in [0.3, 0.4) is 0 Å². The van der Waals surface area contributed by atoms with Gasteiger partial charge in [0.2, 0.25) is 22.7 Å². The second-order valence-corrected chi connectivity index (χ2v) is 11.2. The number of rotatable bonds is 9. The normalized spacial score (nSPS) is 14.4. The fourth-order valence-corrected chi connectivity index (χ4v) is 6.42. The van der Waals surface area contributed by atoms with Crippen LogP contribution in [0, 0.1) is 0 Å². The van der Waals surface area contributed by atoms with Gasteiger partial charge in [-0.05, 0) is 56.7 Å². The molecule has 0 radical (unpaired) electrons. The summed E-state index contributed by atoms with van der Waals surface area (Å²) >= 11 is 1.43. The lowest BCUT2D eigenvalue weighted by molar-refractivity contribution is -0.116. The van der Waals surface area contributed by atoms with E-state index in [4.69, 9.17) is 14.2 Å². The molecule has 0 fully saturated rings. The summed E-state index contributed by atoms with van der Waals surface area (Å²) in [6.07, 6.45) is 5.28. The summed E-state index contributed by atoms with van der Waals surface area (Å²) in [5.41, 5.74) is 1.90. The topological polar surface area (TPSA) is 111 Å². The molecule has 1 aromatic carbocycles. The molecule has 1 aliphatic heterocycles. The summed E-state index contributed by atoms with van der Waals surface area (Å²) in [6.45, 7) is 2.23. The molecule has 1 aliphatic carbocycles. The van der Waals surface area contributed by atoms with Crippen molar-refractivity contribution < 1.29 is 32.2 Å². The Morgan fingerprint density at radius 1 is 1.18 bits per heavy atom. The monoisotopic (exact) mass is 508 g/mol. The van der Waals surface area contributed by atoms with Crippen molar-refractivity contribution in [2.24, 2.45) is 0 Å². The highest BCUT2D eigenvalue weighted by molar-refractivity contribution is 7.92. The van der Waals surface area contributed by atoms with Crippen LogP contribution < -0.4 is 19.1 Å². The molecule has 2 aliphatic rings. The van der Waals surface area contributed by atoms with E-state index in [-0.39, 0.29) is 32.3 Å². The lowest BCUT2D eigenvalue weighted by Gasteiger charge is -2.22. The molecule has 0 saturated heterocycles. The van der Waals surface area contributed by atoms with Gasteiger partial charge in [-0.1, -0.05) is 0 Å². The Bertz CT molecular complexity index is 1190. The fraction of sp³-hybridized carbons (Fsp3) is 0.478. The quantitative estimate of drug-likeness (QED) is 0.514. The molecule has 0 bridgehead atoms. The van der Waals surface area contributed by atoms with Gasteiger partial charge in [0.25, 0.3) is 0 Å². The second-order valence-electron chi connectivity index (χ2n) is 8.16. The molecule has 1 N–H and O–H groups in total. The van der Waals surface area contributed by atoms with Gasteiger partial charge in [0, 0.05) is 23.9 Å². The average molecular weight is 509 g/mol. The van der Waals surface area contributed by atoms with Crippen LogP contribution in [0.1, 0.15) is 53.4 Å². The standard InChI is InChI=1S/C23H28N2O7S2/c1-3-30-23(27)21-16-7-4-5-8-19(16)33-22(21)24-20(26)9-6-12-25(34(2,28)29)15-10-11-17-18(13-15)32-14-31-17/h10-11,13H,3-9,12,14H2,1-2H3,(H,24,26). The van der Waals surface area contributed by atoms with Crippen LogP contribution in [-0.2, 0) is 32.4 Å². The van der Waals surface area contributed by atoms with Crippen molar-refractivity contribution >= 4 is 43.9 Å². The molecule has 184 valence electrons. The van der Waals surface area contributed by atoms with E-state index in [0.29, 0.717) is 34.2 Å². The molecule has 0 spiro atoms. The van der Waals surface area contributed by atoms with Crippen LogP contribution in [0.25, 0.3) is 0 Å². The smallest absolute Gasteiger partial charge is 0.341 e. The van der Waals surface area contributed by atoms with Gasteiger partial charge in [-0.15, -0.1) is 11.3 Å². The van der Waals surface area contributed by atoms with E-state index in [9.17, 15) is 18.0 Å². The number of ether oxygens (including phenoxy) is 3. The van der Waals surface area contributed by atoms with Crippen molar-refractivity contribution in [1.29, 1.82) is 0 Å². The van der Waals surface area contributed by atoms with Gasteiger partial charge in [0.15, 0.2) is 11.5 Å². The molecule has 4 rings (SSSR count). The third-order valence-corrected chi connectivity index (χ3v) is 8.11. The van der Waals surface area contributed by atoms with Crippen LogP contribution >= 0.6 is 11.3 Å². The van der Waals surface area contributed by atoms with Crippen LogP contribution in [0.4, 0.5) is 10.7 Å². The minimum Gasteiger partial charge on any atom is -0.462 e. The van der Waals surface area contributed by atoms with Crippen LogP contribution in [0.2, 0.25) is 0 Å². The van der Waals surface area contributed by atoms with E-state index in [0.717, 1.165) is 42.4 Å². The molecule has 34 heavy (non-hydrogen) atoms. The third-order valence-electron chi connectivity index (χ3n) is 5.71. The SMILES string of the molecule is CCOC(=O)c1c(NC(=O)CCCN(c2ccc3c(c2)OCO3)S(C)(=O)=O)sc2c1CCCC2. The maximum Gasteiger partial charge on any atom is 0.341 e. The van der Waals surface area contributed by atoms with Crippen molar-refractivity contribution in [3.63, 3.8) is 0 Å². The van der Waals surface area contributed by atoms with Crippen LogP contribution in [-0.4, -0.2) is 46.5 Å². The number of fused-ring (bicyclic) bond motifs is 2. The predicted molar refractivity (Wildman–Crippen MR) is 130 cm³/mol. The molecular formula is C23H28N2O7S2. The molecule has 0 saturated carbocycles. The lowest BCUT2D eigenvalue weighted by Crippen LogP contribution is -2.31. The van der Waals surface area contributed by atoms with Crippen molar-refractivity contribution in [3.8, 4) is 11.5 Å². The van der Waals surface area contributed by atoms with E-state index in [1.54, 1.807) is 25.1 Å². The maximum absolute atomic E-state index is 12.7. The summed E-state index contributed by atoms with van der Waals surface area (Å²) in [6, 6.07) is 4.93. The third kappa shape index (κ3) is 5.30. The number of hydrogen-bond acceptors (Lipinski definition) is 8. The summed E-state index contributed by atoms with van der Waals surface area (Å²) in [5, 5.41) is 3.39. The minimum absolute atomic E-state index is 0.0950. The number of carbonyl (C=O) groups excluding carboxylic acids is 2. The van der Waals surface area contributed by atoms with Crippen molar-refractivity contribution in [2.45, 2.75) is 45.4 Å². The van der Waals surface area contributed by atoms with Gasteiger partial charge in [-0.2, -0.15) is 0 Å². The molecule has 11 heteroatoms. The van der Waals surface area contributed by atoms with Crippen molar-refractivity contribution in [3.05, 3.63) is 34.2 Å². The number of aryl methyl sites for hydroxylation is 1. The summed E-state index contributed by atoms with van der Waals surface area (Å²) in [7, 11) is -3.57. The first-order valence-electron chi connectivity index (χ1n) is 11.3. The van der Waals surface area contributed by atoms with E-state index >= 15 is 0 Å². The number of hydrogen-bond donors (Lipinski definition) is 1. The molecule has 0 atom stereocenters. The van der Waals surface area contributed by atoms with E-state index in [1.165, 1.54) is 15.6 Å². The van der Waals surface area contributed by atoms with Gasteiger partial charge in [-0.25, -0.2) is 13.2 Å². The molecule has 1 amide bonds. The highest BCUT2D eigenvalue weighted by Gasteiger charge is 2.27. The lowest BCUT2D eigenvalue weighted by atomic mass is 9.95. The number of nitrogens with one attached hydrogen (secondary N) is 1. The van der Waals surface area contributed by atoms with Gasteiger partial charge in [0.1, 0.15) is 5.00 Å². The maximum atomic E-state index is 12.7. The number of esters is 1. The van der Waals surface area contributed by atoms with Gasteiger partial charge in [-0.3, -0.25) is 9.10 Å². The number of benzene rings is 1. The molecule has 9 nitrogen and oxygen atoms in total. The summed E-state index contributed by atoms with van der Waals surface area (Å²) in [4.78, 5) is 26.4. The predicted octanol–water partition coefficient (Wildman–Crippen LogP) is 3.72. The van der Waals surface area contributed by atoms with Crippen molar-refractivity contribution in [2.75, 3.05) is 35.8 Å². The van der Waals surface area contributed by atoms with Crippen molar-refractivity contribution in [1.82, 2.24) is 0 Å². The number of nitrogens with zero attached hydrogens (tertiary/aromatic N) is 1. The van der Waals surface area contributed by atoms with Gasteiger partial charge < -0.3 is 19.5 Å². The van der Waals surface area contributed by atoms with E-state index in [2.05, 4.69) is 5.32 Å². The minimum atomic E-state index is -3.57. The highest BCUT2D eigenvalue weighted by Crippen LogP contribution is 2.39. The first-order valence-corrected chi connectivity index (χ1v) is 13.9. The Kier molecular flexibility index (Phi) is 7.32. The Balaban J connectivity index is 1.42. The number of carbonyl (C=O) groups is 2. The zero-order valence-electron chi connectivity index (χ0n) is 19.2. The van der Waals surface area contributed by atoms with Gasteiger partial charge >= 0.3 is 5.97 Å². The van der Waals surface area contributed by atoms with E-state index in [1.807, 2.05) is 0 Å². The number of anilines is 2. The van der Waals surface area contributed by atoms with Gasteiger partial charge in [0.05, 0.1) is 24.1 Å². The summed E-state index contributed by atoms with van der Waals surface area (Å²) in [5.74, 6) is 0.358. The Morgan fingerprint density at radius 2 is 1.94 bits per heavy atom. The first kappa shape index (κ1) is 24.3. The molecule has 1 aromatic heterocycles. The molecule has 2 heterocycles. The Labute approximate surface area is 203 Å². The average Bonchev–Trinajstić information content (AvgIpc) is 3.39. The molecule has 0 unspecified atom stereocenters. The zero-order valence-corrected chi connectivity index (χ0v) is 20.9. The molecular weight excluding hydrogens is 480 g/mol. The first-order chi connectivity index (χ1) is 16.3. The molecule has 2 aromatic rings. The van der Waals surface area contributed by atoms with Crippen LogP contribution in [0.5, 0.6) is 11.5 Å². The number of thiophene rings is 1. The number of amides is 1. The van der Waals surface area contributed by atoms with Crippen LogP contribution in [0.15, 0.2) is 18.2 Å². The second kappa shape index (κ2) is 10.2. The Morgan fingerprint density at radius 3 is 2.71 bits per heavy atom. The Hall–Kier alpha value is -2.79. The van der Waals surface area contributed by atoms with E-state index < -0.39 is 16.0 Å².